The Balaban J connectivity index is 1.64. The summed E-state index contributed by atoms with van der Waals surface area (Å²) >= 11 is 0. The smallest absolute Gasteiger partial charge is 0.143 e. The van der Waals surface area contributed by atoms with Gasteiger partial charge in [0, 0.05) is 44.4 Å². The Bertz CT molecular complexity index is 1070. The molecule has 188 valence electrons. The monoisotopic (exact) mass is 478 g/mol. The summed E-state index contributed by atoms with van der Waals surface area (Å²) in [5.41, 5.74) is 11.3. The van der Waals surface area contributed by atoms with E-state index in [9.17, 15) is 5.26 Å². The number of benzene rings is 1. The predicted molar refractivity (Wildman–Crippen MR) is 139 cm³/mol. The first kappa shape index (κ1) is 25.2. The number of nitrogens with one attached hydrogen (secondary N) is 1. The van der Waals surface area contributed by atoms with E-state index in [4.69, 9.17) is 15.2 Å². The maximum Gasteiger partial charge on any atom is 0.143 e. The Kier molecular flexibility index (Phi) is 7.78. The van der Waals surface area contributed by atoms with E-state index in [0.717, 1.165) is 73.5 Å². The van der Waals surface area contributed by atoms with E-state index in [1.54, 1.807) is 13.4 Å². The molecule has 0 radical (unpaired) electrons. The quantitative estimate of drug-likeness (QED) is 0.523. The molecule has 0 amide bonds. The van der Waals surface area contributed by atoms with Crippen LogP contribution in [0.4, 0.5) is 11.5 Å². The highest BCUT2D eigenvalue weighted by atomic mass is 16.5. The second kappa shape index (κ2) is 10.8. The number of ether oxygens (including phenoxy) is 2. The van der Waals surface area contributed by atoms with Crippen LogP contribution >= 0.6 is 0 Å². The second-order valence-electron chi connectivity index (χ2n) is 10.3. The van der Waals surface area contributed by atoms with Crippen LogP contribution in [0.3, 0.4) is 0 Å². The molecule has 1 heterocycles. The highest BCUT2D eigenvalue weighted by Gasteiger charge is 2.37. The van der Waals surface area contributed by atoms with E-state index in [-0.39, 0.29) is 11.5 Å². The molecule has 2 aliphatic rings. The van der Waals surface area contributed by atoms with Gasteiger partial charge in [0.25, 0.3) is 0 Å². The highest BCUT2D eigenvalue weighted by Crippen LogP contribution is 2.49. The molecular weight excluding hydrogens is 440 g/mol. The molecule has 0 spiro atoms. The van der Waals surface area contributed by atoms with Crippen molar-refractivity contribution in [2.75, 3.05) is 44.5 Å². The van der Waals surface area contributed by atoms with Crippen molar-refractivity contribution in [2.24, 2.45) is 0 Å². The number of nitrogens with two attached hydrogens (primary N) is 1. The average molecular weight is 479 g/mol. The summed E-state index contributed by atoms with van der Waals surface area (Å²) in [7, 11) is 3.78. The fourth-order valence-electron chi connectivity index (χ4n) is 5.59. The van der Waals surface area contributed by atoms with Gasteiger partial charge in [-0.2, -0.15) is 5.26 Å². The van der Waals surface area contributed by atoms with Gasteiger partial charge in [-0.05, 0) is 55.2 Å². The number of nitriles is 1. The summed E-state index contributed by atoms with van der Waals surface area (Å²) in [4.78, 5) is 11.1. The summed E-state index contributed by atoms with van der Waals surface area (Å²) in [6.45, 7) is 6.65. The Morgan fingerprint density at radius 3 is 2.71 bits per heavy atom. The molecule has 1 fully saturated rings. The van der Waals surface area contributed by atoms with Crippen molar-refractivity contribution in [3.05, 3.63) is 29.6 Å². The lowest BCUT2D eigenvalue weighted by Crippen LogP contribution is -2.38. The number of methoxy groups -OCH3 is 1. The number of hydrogen-bond acceptors (Lipinski definition) is 8. The lowest BCUT2D eigenvalue weighted by Gasteiger charge is -2.37. The van der Waals surface area contributed by atoms with E-state index in [0.29, 0.717) is 24.8 Å². The number of nitrogens with zero attached hydrogens (tertiary/aromatic N) is 4. The van der Waals surface area contributed by atoms with Crippen LogP contribution in [0.5, 0.6) is 5.75 Å². The van der Waals surface area contributed by atoms with Crippen molar-refractivity contribution in [2.45, 2.75) is 69.9 Å². The van der Waals surface area contributed by atoms with Crippen LogP contribution in [0.1, 0.15) is 57.1 Å². The van der Waals surface area contributed by atoms with E-state index in [1.807, 2.05) is 7.05 Å². The molecule has 2 aliphatic carbocycles. The molecule has 0 bridgehead atoms. The summed E-state index contributed by atoms with van der Waals surface area (Å²) in [6, 6.07) is 6.99. The Hall–Kier alpha value is -2.89. The molecule has 0 atom stereocenters. The zero-order chi connectivity index (χ0) is 25.0. The van der Waals surface area contributed by atoms with Gasteiger partial charge in [-0.25, -0.2) is 9.97 Å². The van der Waals surface area contributed by atoms with Gasteiger partial charge in [0.15, 0.2) is 0 Å². The molecule has 2 aromatic rings. The number of anilines is 2. The minimum absolute atomic E-state index is 0.179. The van der Waals surface area contributed by atoms with E-state index in [2.05, 4.69) is 52.2 Å². The second-order valence-corrected chi connectivity index (χ2v) is 10.3. The van der Waals surface area contributed by atoms with E-state index >= 15 is 0 Å². The molecule has 3 N–H and O–H groups in total. The molecule has 1 aromatic carbocycles. The van der Waals surface area contributed by atoms with Crippen molar-refractivity contribution in [1.29, 1.82) is 5.26 Å². The molecule has 4 rings (SSSR count). The lowest BCUT2D eigenvalue weighted by molar-refractivity contribution is 0.135. The zero-order valence-electron chi connectivity index (χ0n) is 21.4. The number of rotatable bonds is 9. The molecule has 8 heteroatoms. The van der Waals surface area contributed by atoms with Crippen molar-refractivity contribution >= 4 is 11.5 Å². The van der Waals surface area contributed by atoms with Gasteiger partial charge in [0.2, 0.25) is 0 Å². The number of aromatic nitrogens is 2. The third kappa shape index (κ3) is 5.36. The zero-order valence-corrected chi connectivity index (χ0v) is 21.4. The first-order valence-corrected chi connectivity index (χ1v) is 12.6. The largest absolute Gasteiger partial charge is 0.488 e. The van der Waals surface area contributed by atoms with Gasteiger partial charge >= 0.3 is 0 Å². The molecule has 0 aliphatic heterocycles. The average Bonchev–Trinajstić information content (AvgIpc) is 2.83. The Morgan fingerprint density at radius 2 is 2.00 bits per heavy atom. The van der Waals surface area contributed by atoms with Crippen LogP contribution in [0, 0.1) is 11.3 Å². The van der Waals surface area contributed by atoms with Crippen molar-refractivity contribution < 1.29 is 9.47 Å². The molecule has 0 saturated heterocycles. The third-order valence-electron chi connectivity index (χ3n) is 7.32. The summed E-state index contributed by atoms with van der Waals surface area (Å²) in [5, 5.41) is 12.8. The molecule has 1 saturated carbocycles. The van der Waals surface area contributed by atoms with Crippen molar-refractivity contribution in [1.82, 2.24) is 15.3 Å². The fourth-order valence-corrected chi connectivity index (χ4v) is 5.59. The van der Waals surface area contributed by atoms with Gasteiger partial charge in [0.05, 0.1) is 36.6 Å². The normalized spacial score (nSPS) is 20.4. The number of nitrogen functional groups attached to an aromatic ring is 1. The topological polar surface area (TPSA) is 109 Å². The standard InChI is InChI=1S/C27H38N6O2/c1-27(2)16-21-20(24-23(27)26(29)32-17-31-24)10-11-22(25(21)33(3)14-5-12-28)35-19-8-6-18(7-9-19)30-13-15-34-4/h10-11,17-19,30H,5-9,13-16H2,1-4H3,(H2,29,31,32)/t18-,19-. The van der Waals surface area contributed by atoms with E-state index in [1.165, 1.54) is 5.56 Å². The lowest BCUT2D eigenvalue weighted by atomic mass is 9.71. The van der Waals surface area contributed by atoms with E-state index < -0.39 is 0 Å². The van der Waals surface area contributed by atoms with Gasteiger partial charge in [-0.3, -0.25) is 0 Å². The number of fused-ring (bicyclic) bond motifs is 3. The SMILES string of the molecule is COCCN[C@H]1CC[C@H](Oc2ccc3c(c2N(C)CCC#N)CC(C)(C)c2c(N)ncnc2-3)CC1. The molecule has 1 aromatic heterocycles. The van der Waals surface area contributed by atoms with Crippen LogP contribution < -0.4 is 20.7 Å². The van der Waals surface area contributed by atoms with Crippen LogP contribution in [0.25, 0.3) is 11.3 Å². The van der Waals surface area contributed by atoms with Gasteiger partial charge in [-0.15, -0.1) is 0 Å². The highest BCUT2D eigenvalue weighted by molar-refractivity contribution is 5.83. The maximum atomic E-state index is 9.22. The van der Waals surface area contributed by atoms with Gasteiger partial charge in [0.1, 0.15) is 17.9 Å². The summed E-state index contributed by atoms with van der Waals surface area (Å²) < 4.78 is 11.8. The first-order chi connectivity index (χ1) is 16.9. The Labute approximate surface area is 208 Å². The van der Waals surface area contributed by atoms with Gasteiger partial charge in [-0.1, -0.05) is 13.8 Å². The van der Waals surface area contributed by atoms with Crippen LogP contribution in [-0.4, -0.2) is 56.0 Å². The third-order valence-corrected chi connectivity index (χ3v) is 7.32. The molecule has 8 nitrogen and oxygen atoms in total. The van der Waals surface area contributed by atoms with Crippen LogP contribution in [-0.2, 0) is 16.6 Å². The predicted octanol–water partition coefficient (Wildman–Crippen LogP) is 3.84. The number of hydrogen-bond donors (Lipinski definition) is 2. The minimum atomic E-state index is -0.219. The van der Waals surface area contributed by atoms with Crippen LogP contribution in [0.15, 0.2) is 18.5 Å². The molecule has 0 unspecified atom stereocenters. The summed E-state index contributed by atoms with van der Waals surface area (Å²) in [5.74, 6) is 1.43. The fraction of sp³-hybridized carbons (Fsp3) is 0.593. The van der Waals surface area contributed by atoms with Crippen LogP contribution in [0.2, 0.25) is 0 Å². The maximum absolute atomic E-state index is 9.22. The van der Waals surface area contributed by atoms with Crippen molar-refractivity contribution in [3.8, 4) is 23.1 Å². The summed E-state index contributed by atoms with van der Waals surface area (Å²) in [6.07, 6.45) is 7.19. The van der Waals surface area contributed by atoms with Crippen molar-refractivity contribution in [3.63, 3.8) is 0 Å². The van der Waals surface area contributed by atoms with Gasteiger partial charge < -0.3 is 25.4 Å². The Morgan fingerprint density at radius 1 is 1.23 bits per heavy atom. The molecular formula is C27H38N6O2. The molecule has 35 heavy (non-hydrogen) atoms. The first-order valence-electron chi connectivity index (χ1n) is 12.6. The minimum Gasteiger partial charge on any atom is -0.488 e.